The quantitative estimate of drug-likeness (QED) is 0.589. The van der Waals surface area contributed by atoms with E-state index in [2.05, 4.69) is 25.3 Å². The van der Waals surface area contributed by atoms with Crippen LogP contribution in [0, 0.1) is 5.92 Å². The molecule has 4 N–H and O–H groups in total. The molecule has 2 saturated heterocycles. The van der Waals surface area contributed by atoms with E-state index in [9.17, 15) is 9.90 Å². The first kappa shape index (κ1) is 23.4. The zero-order valence-electron chi connectivity index (χ0n) is 17.7. The Morgan fingerprint density at radius 2 is 1.94 bits per heavy atom. The number of nitrogens with zero attached hydrogens (tertiary/aromatic N) is 5. The number of halogens is 1. The first-order valence-electron chi connectivity index (χ1n) is 10.9. The van der Waals surface area contributed by atoms with Crippen LogP contribution in [0.4, 0.5) is 5.82 Å². The van der Waals surface area contributed by atoms with Crippen LogP contribution in [0.25, 0.3) is 11.3 Å². The minimum absolute atomic E-state index is 0. The number of anilines is 1. The zero-order valence-corrected chi connectivity index (χ0v) is 18.6. The number of aromatic nitrogens is 4. The van der Waals surface area contributed by atoms with Gasteiger partial charge in [-0.05, 0) is 64.1 Å². The number of nitrogens with two attached hydrogens (primary N) is 1. The highest BCUT2D eigenvalue weighted by molar-refractivity contribution is 5.90. The highest BCUT2D eigenvalue weighted by Gasteiger charge is 2.22. The molecule has 2 aliphatic heterocycles. The van der Waals surface area contributed by atoms with Crippen molar-refractivity contribution in [1.82, 2.24) is 30.0 Å². The second-order valence-corrected chi connectivity index (χ2v) is 8.41. The monoisotopic (exact) mass is 449 g/mol. The van der Waals surface area contributed by atoms with Gasteiger partial charge in [-0.25, -0.2) is 14.8 Å². The van der Waals surface area contributed by atoms with Crippen molar-refractivity contribution in [2.24, 2.45) is 5.92 Å². The lowest BCUT2D eigenvalue weighted by Crippen LogP contribution is -2.35. The molecule has 0 aliphatic carbocycles. The van der Waals surface area contributed by atoms with Crippen LogP contribution in [0.2, 0.25) is 0 Å². The maximum Gasteiger partial charge on any atom is 0.358 e. The third-order valence-electron chi connectivity index (χ3n) is 6.38. The Kier molecular flexibility index (Phi) is 8.22. The molecule has 0 amide bonds. The van der Waals surface area contributed by atoms with Crippen LogP contribution in [0.3, 0.4) is 0 Å². The summed E-state index contributed by atoms with van der Waals surface area (Å²) in [6.07, 6.45) is 12.6. The molecule has 0 saturated carbocycles. The Balaban J connectivity index is 0.00000272. The van der Waals surface area contributed by atoms with E-state index in [1.165, 1.54) is 51.5 Å². The summed E-state index contributed by atoms with van der Waals surface area (Å²) in [5.41, 5.74) is 6.61. The van der Waals surface area contributed by atoms with Gasteiger partial charge in [-0.15, -0.1) is 12.4 Å². The molecule has 0 atom stereocenters. The number of carboxylic acids is 1. The summed E-state index contributed by atoms with van der Waals surface area (Å²) in [6, 6.07) is 0.361. The van der Waals surface area contributed by atoms with Gasteiger partial charge in [0.2, 0.25) is 0 Å². The minimum atomic E-state index is -1.18. The van der Waals surface area contributed by atoms with E-state index in [0.29, 0.717) is 11.7 Å². The summed E-state index contributed by atoms with van der Waals surface area (Å²) in [5, 5.41) is 17.1. The Morgan fingerprint density at radius 1 is 1.19 bits per heavy atom. The number of rotatable bonds is 7. The molecule has 4 rings (SSSR count). The Bertz CT molecular complexity index is 861. The van der Waals surface area contributed by atoms with E-state index in [-0.39, 0.29) is 23.9 Å². The molecular weight excluding hydrogens is 418 g/mol. The van der Waals surface area contributed by atoms with E-state index in [4.69, 9.17) is 5.73 Å². The summed E-state index contributed by atoms with van der Waals surface area (Å²) in [5.74, 6) is -0.350. The van der Waals surface area contributed by atoms with Crippen LogP contribution < -0.4 is 11.1 Å². The molecule has 0 spiro atoms. The van der Waals surface area contributed by atoms with E-state index >= 15 is 0 Å². The van der Waals surface area contributed by atoms with Gasteiger partial charge in [-0.2, -0.15) is 5.10 Å². The average Bonchev–Trinajstić information content (AvgIpc) is 3.25. The minimum Gasteiger partial charge on any atom is -0.476 e. The van der Waals surface area contributed by atoms with Crippen LogP contribution in [-0.2, 0) is 0 Å². The van der Waals surface area contributed by atoms with Crippen LogP contribution in [0.5, 0.6) is 0 Å². The fourth-order valence-corrected chi connectivity index (χ4v) is 4.55. The third-order valence-corrected chi connectivity index (χ3v) is 6.38. The number of carboxylic acid groups (broad SMARTS) is 1. The van der Waals surface area contributed by atoms with Crippen molar-refractivity contribution in [2.75, 3.05) is 38.5 Å². The van der Waals surface area contributed by atoms with Crippen molar-refractivity contribution in [3.05, 3.63) is 24.3 Å². The van der Waals surface area contributed by atoms with Crippen molar-refractivity contribution >= 4 is 24.2 Å². The molecule has 2 aromatic heterocycles. The molecule has 2 fully saturated rings. The number of hydrogen-bond donors (Lipinski definition) is 3. The number of carbonyl (C=O) groups is 1. The van der Waals surface area contributed by atoms with Gasteiger partial charge in [0.1, 0.15) is 0 Å². The van der Waals surface area contributed by atoms with Crippen molar-refractivity contribution in [3.63, 3.8) is 0 Å². The fraction of sp³-hybridized carbons (Fsp3) is 0.619. The normalized spacial score (nSPS) is 18.6. The predicted octanol–water partition coefficient (Wildman–Crippen LogP) is 2.46. The lowest BCUT2D eigenvalue weighted by Gasteiger charge is -2.32. The van der Waals surface area contributed by atoms with Crippen LogP contribution >= 0.6 is 12.4 Å². The Morgan fingerprint density at radius 3 is 2.65 bits per heavy atom. The van der Waals surface area contributed by atoms with Gasteiger partial charge < -0.3 is 21.1 Å². The molecule has 2 aromatic rings. The highest BCUT2D eigenvalue weighted by Crippen LogP contribution is 2.26. The standard InChI is InChI=1S/C21H31N7O2.ClH/c22-20-19(21(29)30)26-18(13-24-20)16-12-25-28(14-16)17-5-10-27(11-6-17)9-1-2-15-3-7-23-8-4-15;/h12-15,17,23H,1-11H2,(H2,22,24)(H,29,30);1H. The van der Waals surface area contributed by atoms with Gasteiger partial charge in [-0.3, -0.25) is 4.68 Å². The smallest absolute Gasteiger partial charge is 0.358 e. The summed E-state index contributed by atoms with van der Waals surface area (Å²) in [7, 11) is 0. The lowest BCUT2D eigenvalue weighted by molar-refractivity contribution is 0.0691. The topological polar surface area (TPSA) is 122 Å². The van der Waals surface area contributed by atoms with Crippen molar-refractivity contribution in [1.29, 1.82) is 0 Å². The number of aromatic carboxylic acids is 1. The van der Waals surface area contributed by atoms with E-state index in [0.717, 1.165) is 37.4 Å². The number of hydrogen-bond acceptors (Lipinski definition) is 7. The van der Waals surface area contributed by atoms with Crippen LogP contribution in [0.15, 0.2) is 18.6 Å². The lowest BCUT2D eigenvalue weighted by atomic mass is 9.93. The first-order chi connectivity index (χ1) is 14.6. The maximum absolute atomic E-state index is 11.2. The molecule has 170 valence electrons. The van der Waals surface area contributed by atoms with Gasteiger partial charge in [0.15, 0.2) is 11.5 Å². The largest absolute Gasteiger partial charge is 0.476 e. The number of piperidine rings is 2. The van der Waals surface area contributed by atoms with Gasteiger partial charge in [0.25, 0.3) is 0 Å². The molecular formula is C21H32ClN7O2. The van der Waals surface area contributed by atoms with E-state index < -0.39 is 5.97 Å². The van der Waals surface area contributed by atoms with E-state index in [1.807, 2.05) is 10.9 Å². The summed E-state index contributed by atoms with van der Waals surface area (Å²) >= 11 is 0. The third kappa shape index (κ3) is 5.93. The molecule has 0 aromatic carbocycles. The van der Waals surface area contributed by atoms with Crippen LogP contribution in [-0.4, -0.2) is 68.4 Å². The first-order valence-corrected chi connectivity index (χ1v) is 10.9. The number of likely N-dealkylation sites (tertiary alicyclic amines) is 1. The number of nitrogens with one attached hydrogen (secondary N) is 1. The SMILES string of the molecule is Cl.Nc1ncc(-c2cnn(C3CCN(CCCC4CCNCC4)CC3)c2)nc1C(=O)O. The number of nitrogen functional groups attached to an aromatic ring is 1. The van der Waals surface area contributed by atoms with Gasteiger partial charge in [0.05, 0.1) is 24.1 Å². The summed E-state index contributed by atoms with van der Waals surface area (Å²) in [6.45, 7) is 5.75. The van der Waals surface area contributed by atoms with Gasteiger partial charge in [-0.1, -0.05) is 0 Å². The van der Waals surface area contributed by atoms with Gasteiger partial charge >= 0.3 is 5.97 Å². The zero-order chi connectivity index (χ0) is 20.9. The highest BCUT2D eigenvalue weighted by atomic mass is 35.5. The van der Waals surface area contributed by atoms with Crippen molar-refractivity contribution < 1.29 is 9.90 Å². The second-order valence-electron chi connectivity index (χ2n) is 8.41. The van der Waals surface area contributed by atoms with Crippen molar-refractivity contribution in [3.8, 4) is 11.3 Å². The molecule has 31 heavy (non-hydrogen) atoms. The van der Waals surface area contributed by atoms with Crippen molar-refractivity contribution in [2.45, 2.75) is 44.6 Å². The molecule has 0 radical (unpaired) electrons. The molecule has 10 heteroatoms. The molecule has 9 nitrogen and oxygen atoms in total. The summed E-state index contributed by atoms with van der Waals surface area (Å²) in [4.78, 5) is 21.9. The van der Waals surface area contributed by atoms with E-state index in [1.54, 1.807) is 6.20 Å². The summed E-state index contributed by atoms with van der Waals surface area (Å²) < 4.78 is 1.99. The predicted molar refractivity (Wildman–Crippen MR) is 121 cm³/mol. The molecule has 4 heterocycles. The van der Waals surface area contributed by atoms with Crippen LogP contribution in [0.1, 0.15) is 55.1 Å². The molecule has 0 unspecified atom stereocenters. The maximum atomic E-state index is 11.2. The average molecular weight is 450 g/mol. The fourth-order valence-electron chi connectivity index (χ4n) is 4.55. The molecule has 0 bridgehead atoms. The van der Waals surface area contributed by atoms with Gasteiger partial charge in [0, 0.05) is 24.8 Å². The Labute approximate surface area is 188 Å². The second kappa shape index (κ2) is 10.9. The Hall–Kier alpha value is -2.23. The molecule has 2 aliphatic rings.